The molecule has 12 nitrogen and oxygen atoms in total. The lowest BCUT2D eigenvalue weighted by molar-refractivity contribution is -0.128. The van der Waals surface area contributed by atoms with Crippen molar-refractivity contribution in [3.63, 3.8) is 0 Å². The molecule has 5 amide bonds. The van der Waals surface area contributed by atoms with E-state index in [1.54, 1.807) is 38.1 Å². The van der Waals surface area contributed by atoms with Gasteiger partial charge >= 0.3 is 12.1 Å². The summed E-state index contributed by atoms with van der Waals surface area (Å²) < 4.78 is 10.1. The van der Waals surface area contributed by atoms with E-state index in [-0.39, 0.29) is 25.7 Å². The van der Waals surface area contributed by atoms with Gasteiger partial charge in [0.05, 0.1) is 6.61 Å². The van der Waals surface area contributed by atoms with Crippen LogP contribution >= 0.6 is 0 Å². The second-order valence-electron chi connectivity index (χ2n) is 7.61. The molecule has 0 fully saturated rings. The zero-order valence-corrected chi connectivity index (χ0v) is 19.1. The van der Waals surface area contributed by atoms with Gasteiger partial charge in [-0.15, -0.1) is 0 Å². The third kappa shape index (κ3) is 11.2. The maximum atomic E-state index is 12.9. The van der Waals surface area contributed by atoms with Crippen molar-refractivity contribution in [2.24, 2.45) is 11.7 Å². The number of carbonyl (C=O) groups is 4. The van der Waals surface area contributed by atoms with E-state index in [1.165, 1.54) is 7.11 Å². The van der Waals surface area contributed by atoms with Gasteiger partial charge < -0.3 is 41.6 Å². The first-order chi connectivity index (χ1) is 15.6. The minimum absolute atomic E-state index is 0.165. The van der Waals surface area contributed by atoms with Crippen molar-refractivity contribution in [2.75, 3.05) is 25.8 Å². The number of carbonyl (C=O) groups excluding carboxylic acids is 3. The third-order valence-corrected chi connectivity index (χ3v) is 4.52. The van der Waals surface area contributed by atoms with Gasteiger partial charge in [-0.1, -0.05) is 26.0 Å². The number of carboxylic acid groups (broad SMARTS) is 1. The Morgan fingerprint density at radius 1 is 1.06 bits per heavy atom. The van der Waals surface area contributed by atoms with Crippen LogP contribution in [0.1, 0.15) is 32.3 Å². The maximum absolute atomic E-state index is 12.9. The average Bonchev–Trinajstić information content (AvgIpc) is 2.74. The number of nitrogens with two attached hydrogens (primary N) is 1. The van der Waals surface area contributed by atoms with E-state index in [2.05, 4.69) is 21.3 Å². The highest BCUT2D eigenvalue weighted by molar-refractivity contribution is 5.98. The molecule has 0 spiro atoms. The normalized spacial score (nSPS) is 12.5. The number of primary amides is 1. The molecule has 2 atom stereocenters. The first-order valence-electron chi connectivity index (χ1n) is 10.4. The fraction of sp³-hybridized carbons (Fsp3) is 0.524. The molecular formula is C21H33N5O7. The summed E-state index contributed by atoms with van der Waals surface area (Å²) in [5.74, 6) is -1.45. The van der Waals surface area contributed by atoms with Gasteiger partial charge in [-0.25, -0.2) is 9.59 Å². The van der Waals surface area contributed by atoms with Crippen molar-refractivity contribution < 1.29 is 33.8 Å². The molecule has 0 heterocycles. The Bertz CT molecular complexity index is 786. The molecule has 1 aromatic carbocycles. The number of hydrogen-bond donors (Lipinski definition) is 6. The molecule has 2 unspecified atom stereocenters. The molecule has 7 N–H and O–H groups in total. The van der Waals surface area contributed by atoms with Crippen LogP contribution in [0.2, 0.25) is 0 Å². The van der Waals surface area contributed by atoms with E-state index in [9.17, 15) is 19.2 Å². The Hall–Kier alpha value is -3.38. The lowest BCUT2D eigenvalue weighted by atomic mass is 10.0. The zero-order valence-electron chi connectivity index (χ0n) is 19.1. The minimum Gasteiger partial charge on any atom is -0.465 e. The highest BCUT2D eigenvalue weighted by atomic mass is 16.7. The van der Waals surface area contributed by atoms with E-state index >= 15 is 0 Å². The highest BCUT2D eigenvalue weighted by Crippen LogP contribution is 2.12. The van der Waals surface area contributed by atoms with Crippen LogP contribution in [0, 0.1) is 5.92 Å². The van der Waals surface area contributed by atoms with Gasteiger partial charge in [-0.2, -0.15) is 0 Å². The molecule has 0 bridgehead atoms. The van der Waals surface area contributed by atoms with Crippen molar-refractivity contribution in [1.82, 2.24) is 16.0 Å². The lowest BCUT2D eigenvalue weighted by Gasteiger charge is -2.24. The maximum Gasteiger partial charge on any atom is 0.405 e. The van der Waals surface area contributed by atoms with Crippen LogP contribution < -0.4 is 27.0 Å². The van der Waals surface area contributed by atoms with Crippen molar-refractivity contribution in [1.29, 1.82) is 0 Å². The van der Waals surface area contributed by atoms with Gasteiger partial charge in [0.15, 0.2) is 0 Å². The van der Waals surface area contributed by atoms with Crippen LogP contribution in [0.5, 0.6) is 0 Å². The summed E-state index contributed by atoms with van der Waals surface area (Å²) >= 11 is 0. The predicted octanol–water partition coefficient (Wildman–Crippen LogP) is 0.971. The molecule has 12 heteroatoms. The standard InChI is InChI=1S/C21H33N5O7/c1-13(2)17(26-21(30)31)19(28)25-16(5-4-10-23-20(22)29)18(27)24-15-8-6-14(7-9-15)11-33-12-32-3/h6-9,13,16-17,26H,4-5,10-12H2,1-3H3,(H,24,27)(H,25,28)(H,30,31)(H3,22,23,29). The van der Waals surface area contributed by atoms with Gasteiger partial charge in [0.25, 0.3) is 0 Å². The van der Waals surface area contributed by atoms with Gasteiger partial charge in [-0.05, 0) is 36.5 Å². The summed E-state index contributed by atoms with van der Waals surface area (Å²) in [6.07, 6.45) is -0.792. The summed E-state index contributed by atoms with van der Waals surface area (Å²) in [7, 11) is 1.53. The Morgan fingerprint density at radius 2 is 1.73 bits per heavy atom. The van der Waals surface area contributed by atoms with Crippen LogP contribution in [0.4, 0.5) is 15.3 Å². The van der Waals surface area contributed by atoms with E-state index in [0.717, 1.165) is 5.56 Å². The molecular weight excluding hydrogens is 434 g/mol. The second kappa shape index (κ2) is 14.6. The van der Waals surface area contributed by atoms with Crippen LogP contribution in [0.3, 0.4) is 0 Å². The predicted molar refractivity (Wildman–Crippen MR) is 120 cm³/mol. The Balaban J connectivity index is 2.84. The number of ether oxygens (including phenoxy) is 2. The number of amides is 5. The number of benzene rings is 1. The number of anilines is 1. The minimum atomic E-state index is -1.34. The molecule has 0 radical (unpaired) electrons. The number of rotatable bonds is 14. The molecule has 33 heavy (non-hydrogen) atoms. The van der Waals surface area contributed by atoms with Gasteiger partial charge in [-0.3, -0.25) is 9.59 Å². The van der Waals surface area contributed by atoms with Crippen LogP contribution in [-0.4, -0.2) is 61.6 Å². The van der Waals surface area contributed by atoms with Crippen molar-refractivity contribution in [3.05, 3.63) is 29.8 Å². The largest absolute Gasteiger partial charge is 0.465 e. The van der Waals surface area contributed by atoms with E-state index in [0.29, 0.717) is 18.7 Å². The van der Waals surface area contributed by atoms with E-state index < -0.39 is 36.0 Å². The van der Waals surface area contributed by atoms with Crippen molar-refractivity contribution in [3.8, 4) is 0 Å². The molecule has 0 saturated heterocycles. The Kier molecular flexibility index (Phi) is 12.3. The Morgan fingerprint density at radius 3 is 2.27 bits per heavy atom. The summed E-state index contributed by atoms with van der Waals surface area (Å²) in [6, 6.07) is 4.25. The lowest BCUT2D eigenvalue weighted by Crippen LogP contribution is -2.54. The number of nitrogens with one attached hydrogen (secondary N) is 4. The molecule has 184 valence electrons. The fourth-order valence-corrected chi connectivity index (χ4v) is 2.87. The smallest absolute Gasteiger partial charge is 0.405 e. The quantitative estimate of drug-likeness (QED) is 0.174. The zero-order chi connectivity index (χ0) is 24.8. The third-order valence-electron chi connectivity index (χ3n) is 4.52. The van der Waals surface area contributed by atoms with Crippen molar-refractivity contribution in [2.45, 2.75) is 45.4 Å². The van der Waals surface area contributed by atoms with Gasteiger partial charge in [0.1, 0.15) is 18.9 Å². The van der Waals surface area contributed by atoms with Gasteiger partial charge in [0.2, 0.25) is 11.8 Å². The van der Waals surface area contributed by atoms with E-state index in [1.807, 2.05) is 0 Å². The highest BCUT2D eigenvalue weighted by Gasteiger charge is 2.28. The number of hydrogen-bond acceptors (Lipinski definition) is 6. The first-order valence-corrected chi connectivity index (χ1v) is 10.4. The topological polar surface area (TPSA) is 181 Å². The average molecular weight is 468 g/mol. The monoisotopic (exact) mass is 467 g/mol. The second-order valence-corrected chi connectivity index (χ2v) is 7.61. The number of urea groups is 1. The summed E-state index contributed by atoms with van der Waals surface area (Å²) in [4.78, 5) is 47.4. The Labute approximate surface area is 192 Å². The van der Waals surface area contributed by atoms with Crippen LogP contribution in [-0.2, 0) is 25.7 Å². The van der Waals surface area contributed by atoms with Crippen molar-refractivity contribution >= 4 is 29.6 Å². The molecule has 0 aliphatic heterocycles. The molecule has 1 rings (SSSR count). The molecule has 1 aromatic rings. The molecule has 0 saturated carbocycles. The summed E-state index contributed by atoms with van der Waals surface area (Å²) in [6.45, 7) is 4.10. The molecule has 0 aliphatic rings. The summed E-state index contributed by atoms with van der Waals surface area (Å²) in [5.41, 5.74) is 6.43. The molecule has 0 aliphatic carbocycles. The summed E-state index contributed by atoms with van der Waals surface area (Å²) in [5, 5.41) is 18.9. The first kappa shape index (κ1) is 27.7. The van der Waals surface area contributed by atoms with E-state index in [4.69, 9.17) is 20.3 Å². The number of methoxy groups -OCH3 is 1. The fourth-order valence-electron chi connectivity index (χ4n) is 2.87. The van der Waals surface area contributed by atoms with Crippen LogP contribution in [0.15, 0.2) is 24.3 Å². The van der Waals surface area contributed by atoms with Gasteiger partial charge in [0, 0.05) is 19.3 Å². The SMILES string of the molecule is COCOCc1ccc(NC(=O)C(CCCNC(N)=O)NC(=O)C(NC(=O)O)C(C)C)cc1. The molecule has 0 aromatic heterocycles. The van der Waals surface area contributed by atoms with Crippen LogP contribution in [0.25, 0.3) is 0 Å².